The number of hydrogen-bond acceptors (Lipinski definition) is 8. The topological polar surface area (TPSA) is 114 Å². The predicted molar refractivity (Wildman–Crippen MR) is 185 cm³/mol. The van der Waals surface area contributed by atoms with Gasteiger partial charge in [0.15, 0.2) is 5.82 Å². The lowest BCUT2D eigenvalue weighted by atomic mass is 9.97. The van der Waals surface area contributed by atoms with E-state index in [9.17, 15) is 14.9 Å². The molecule has 1 atom stereocenters. The van der Waals surface area contributed by atoms with Crippen molar-refractivity contribution >= 4 is 51.3 Å². The minimum Gasteiger partial charge on any atom is -0.445 e. The number of nitrogens with zero attached hydrogens (tertiary/aromatic N) is 6. The molecule has 0 unspecified atom stereocenters. The van der Waals surface area contributed by atoms with Gasteiger partial charge in [-0.3, -0.25) is 4.79 Å². The number of aryl methyl sites for hydroxylation is 1. The van der Waals surface area contributed by atoms with Gasteiger partial charge in [-0.05, 0) is 66.4 Å². The Morgan fingerprint density at radius 3 is 2.52 bits per heavy atom. The molecule has 3 heterocycles. The first-order valence-electron chi connectivity index (χ1n) is 15.9. The molecule has 6 rings (SSSR count). The SMILES string of the molecule is Cn1cc(Cc2cc(OC(=O)C(C)(C)C)cc3ccccc23)c2nc(Cl)nc(N3CCN(C(=O)OCc4ccccc4)[C@@H](CC#N)C3)c21. The van der Waals surface area contributed by atoms with Crippen molar-refractivity contribution in [2.75, 3.05) is 24.5 Å². The summed E-state index contributed by atoms with van der Waals surface area (Å²) in [5, 5.41) is 11.7. The highest BCUT2D eigenvalue weighted by Crippen LogP contribution is 2.34. The Morgan fingerprint density at radius 2 is 1.77 bits per heavy atom. The molecule has 10 nitrogen and oxygen atoms in total. The molecular weight excluding hydrogens is 628 g/mol. The molecule has 0 saturated carbocycles. The van der Waals surface area contributed by atoms with Gasteiger partial charge in [0.2, 0.25) is 5.28 Å². The molecule has 1 amide bonds. The molecule has 2 aromatic heterocycles. The van der Waals surface area contributed by atoms with Crippen LogP contribution in [-0.4, -0.2) is 57.2 Å². The predicted octanol–water partition coefficient (Wildman–Crippen LogP) is 7.06. The van der Waals surface area contributed by atoms with Crippen LogP contribution in [0, 0.1) is 16.7 Å². The summed E-state index contributed by atoms with van der Waals surface area (Å²) >= 11 is 6.57. The van der Waals surface area contributed by atoms with Crippen LogP contribution in [0.1, 0.15) is 43.9 Å². The Balaban J connectivity index is 1.29. The molecule has 1 saturated heterocycles. The van der Waals surface area contributed by atoms with Gasteiger partial charge in [0, 0.05) is 44.9 Å². The van der Waals surface area contributed by atoms with Crippen LogP contribution in [0.4, 0.5) is 10.6 Å². The molecule has 48 heavy (non-hydrogen) atoms. The zero-order valence-corrected chi connectivity index (χ0v) is 28.2. The van der Waals surface area contributed by atoms with Gasteiger partial charge in [0.05, 0.1) is 29.5 Å². The molecule has 0 spiro atoms. The van der Waals surface area contributed by atoms with E-state index < -0.39 is 17.6 Å². The van der Waals surface area contributed by atoms with Crippen LogP contribution < -0.4 is 9.64 Å². The standard InChI is InChI=1S/C37H37ClN6O4/c1-37(2,3)34(45)48-29-19-25-12-8-9-13-30(25)26(20-29)18-27-21-42(4)32-31(27)40-35(38)41-33(32)43-16-17-44(28(22-43)14-15-39)36(46)47-23-24-10-6-5-7-11-24/h5-13,19-21,28H,14,16-18,22-23H2,1-4H3/t28-/m0/s1. The number of amides is 1. The second-order valence-corrected chi connectivity index (χ2v) is 13.4. The molecule has 246 valence electrons. The lowest BCUT2D eigenvalue weighted by Crippen LogP contribution is -2.55. The van der Waals surface area contributed by atoms with Gasteiger partial charge in [0.1, 0.15) is 17.9 Å². The van der Waals surface area contributed by atoms with Gasteiger partial charge < -0.3 is 23.8 Å². The molecule has 1 aliphatic rings. The first-order valence-corrected chi connectivity index (χ1v) is 16.2. The molecular formula is C37H37ClN6O4. The Hall–Kier alpha value is -5.14. The van der Waals surface area contributed by atoms with Crippen molar-refractivity contribution in [3.8, 4) is 11.8 Å². The first kappa shape index (κ1) is 32.8. The number of ether oxygens (including phenoxy) is 2. The Bertz CT molecular complexity index is 2030. The Labute approximate surface area is 284 Å². The highest BCUT2D eigenvalue weighted by molar-refractivity contribution is 6.28. The van der Waals surface area contributed by atoms with Gasteiger partial charge in [-0.15, -0.1) is 0 Å². The van der Waals surface area contributed by atoms with Crippen molar-refractivity contribution in [1.82, 2.24) is 19.4 Å². The fourth-order valence-electron chi connectivity index (χ4n) is 6.07. The van der Waals surface area contributed by atoms with Crippen LogP contribution in [-0.2, 0) is 29.6 Å². The van der Waals surface area contributed by atoms with Crippen LogP contribution in [0.2, 0.25) is 5.28 Å². The van der Waals surface area contributed by atoms with E-state index in [2.05, 4.69) is 27.0 Å². The zero-order valence-electron chi connectivity index (χ0n) is 27.4. The lowest BCUT2D eigenvalue weighted by molar-refractivity contribution is -0.142. The fourth-order valence-corrected chi connectivity index (χ4v) is 6.24. The van der Waals surface area contributed by atoms with Crippen LogP contribution >= 0.6 is 11.6 Å². The molecule has 11 heteroatoms. The molecule has 0 bridgehead atoms. The number of carbonyl (C=O) groups is 2. The zero-order chi connectivity index (χ0) is 34.0. The maximum absolute atomic E-state index is 13.1. The Kier molecular flexibility index (Phi) is 9.24. The van der Waals surface area contributed by atoms with Crippen LogP contribution in [0.25, 0.3) is 21.8 Å². The van der Waals surface area contributed by atoms with E-state index in [1.54, 1.807) is 4.90 Å². The summed E-state index contributed by atoms with van der Waals surface area (Å²) in [5.41, 5.74) is 3.65. The molecule has 3 aromatic carbocycles. The molecule has 5 aromatic rings. The van der Waals surface area contributed by atoms with Crippen molar-refractivity contribution < 1.29 is 19.1 Å². The molecule has 1 fully saturated rings. The van der Waals surface area contributed by atoms with E-state index >= 15 is 0 Å². The highest BCUT2D eigenvalue weighted by atomic mass is 35.5. The highest BCUT2D eigenvalue weighted by Gasteiger charge is 2.34. The van der Waals surface area contributed by atoms with Crippen LogP contribution in [0.15, 0.2) is 72.9 Å². The van der Waals surface area contributed by atoms with Crippen LogP contribution in [0.3, 0.4) is 0 Å². The number of hydrogen-bond donors (Lipinski definition) is 0. The summed E-state index contributed by atoms with van der Waals surface area (Å²) in [5.74, 6) is 0.815. The van der Waals surface area contributed by atoms with Crippen LogP contribution in [0.5, 0.6) is 5.75 Å². The number of rotatable bonds is 7. The van der Waals surface area contributed by atoms with Crippen molar-refractivity contribution in [2.45, 2.75) is 46.3 Å². The number of benzene rings is 3. The van der Waals surface area contributed by atoms with E-state index in [-0.39, 0.29) is 24.3 Å². The average molecular weight is 665 g/mol. The number of anilines is 1. The minimum atomic E-state index is -0.647. The second-order valence-electron chi connectivity index (χ2n) is 13.1. The van der Waals surface area contributed by atoms with Crippen molar-refractivity contribution in [1.29, 1.82) is 5.26 Å². The summed E-state index contributed by atoms with van der Waals surface area (Å²) in [6, 6.07) is 23.1. The molecule has 0 radical (unpaired) electrons. The lowest BCUT2D eigenvalue weighted by Gasteiger charge is -2.40. The average Bonchev–Trinajstić information content (AvgIpc) is 3.37. The summed E-state index contributed by atoms with van der Waals surface area (Å²) in [7, 11) is 1.94. The molecule has 1 aliphatic heterocycles. The first-order chi connectivity index (χ1) is 23.0. The van der Waals surface area contributed by atoms with Gasteiger partial charge in [-0.1, -0.05) is 54.6 Å². The van der Waals surface area contributed by atoms with Gasteiger partial charge in [-0.25, -0.2) is 9.78 Å². The van der Waals surface area contributed by atoms with Crippen molar-refractivity contribution in [2.24, 2.45) is 12.5 Å². The van der Waals surface area contributed by atoms with Gasteiger partial charge in [-0.2, -0.15) is 10.2 Å². The number of aromatic nitrogens is 3. The second kappa shape index (κ2) is 13.5. The third-order valence-corrected chi connectivity index (χ3v) is 8.69. The maximum Gasteiger partial charge on any atom is 0.410 e. The minimum absolute atomic E-state index is 0.101. The summed E-state index contributed by atoms with van der Waals surface area (Å²) in [6.45, 7) is 6.84. The number of fused-ring (bicyclic) bond motifs is 2. The third kappa shape index (κ3) is 6.92. The number of esters is 1. The smallest absolute Gasteiger partial charge is 0.410 e. The van der Waals surface area contributed by atoms with Gasteiger partial charge in [0.25, 0.3) is 0 Å². The Morgan fingerprint density at radius 1 is 1.02 bits per heavy atom. The largest absolute Gasteiger partial charge is 0.445 e. The molecule has 0 aliphatic carbocycles. The summed E-state index contributed by atoms with van der Waals surface area (Å²) in [4.78, 5) is 38.9. The van der Waals surface area contributed by atoms with E-state index in [4.69, 9.17) is 21.1 Å². The van der Waals surface area contributed by atoms with Gasteiger partial charge >= 0.3 is 12.1 Å². The normalized spacial score (nSPS) is 15.0. The summed E-state index contributed by atoms with van der Waals surface area (Å²) in [6.07, 6.45) is 2.21. The van der Waals surface area contributed by atoms with E-state index in [0.29, 0.717) is 43.1 Å². The van der Waals surface area contributed by atoms with E-state index in [1.165, 1.54) is 0 Å². The number of piperazine rings is 1. The fraction of sp³-hybridized carbons (Fsp3) is 0.324. The van der Waals surface area contributed by atoms with E-state index in [0.717, 1.165) is 33.0 Å². The number of halogens is 1. The van der Waals surface area contributed by atoms with Crippen molar-refractivity contribution in [3.63, 3.8) is 0 Å². The van der Waals surface area contributed by atoms with E-state index in [1.807, 2.05) is 99.2 Å². The quantitative estimate of drug-likeness (QED) is 0.103. The van der Waals surface area contributed by atoms with Crippen molar-refractivity contribution in [3.05, 3.63) is 94.9 Å². The molecule has 0 N–H and O–H groups in total. The summed E-state index contributed by atoms with van der Waals surface area (Å²) < 4.78 is 13.4. The monoisotopic (exact) mass is 664 g/mol. The number of nitriles is 1. The maximum atomic E-state index is 13.1. The number of carbonyl (C=O) groups excluding carboxylic acids is 2. The third-order valence-electron chi connectivity index (χ3n) is 8.52.